The van der Waals surface area contributed by atoms with Gasteiger partial charge in [-0.25, -0.2) is 0 Å². The van der Waals surface area contributed by atoms with E-state index in [4.69, 9.17) is 4.74 Å². The van der Waals surface area contributed by atoms with Gasteiger partial charge in [0, 0.05) is 50.7 Å². The number of aliphatic hydroxyl groups excluding tert-OH is 1. The maximum absolute atomic E-state index is 13.4. The molecule has 8 heteroatoms. The summed E-state index contributed by atoms with van der Waals surface area (Å²) in [6, 6.07) is 7.17. The number of rotatable bonds is 7. The Morgan fingerprint density at radius 1 is 0.528 bits per heavy atom. The number of hydrogen-bond donors (Lipinski definition) is 1. The third kappa shape index (κ3) is 6.22. The molecule has 1 N–H and O–H groups in total. The zero-order valence-electron chi connectivity index (χ0n) is 35.2. The maximum Gasteiger partial charge on any atom is 0.181 e. The average Bonchev–Trinajstić information content (AvgIpc) is 3.08. The van der Waals surface area contributed by atoms with Crippen LogP contribution in [0.1, 0.15) is 123 Å². The van der Waals surface area contributed by atoms with Crippen LogP contribution in [0.3, 0.4) is 0 Å². The molecule has 8 nitrogen and oxygen atoms in total. The van der Waals surface area contributed by atoms with Crippen LogP contribution < -0.4 is 0 Å². The van der Waals surface area contributed by atoms with Crippen molar-refractivity contribution in [2.75, 3.05) is 20.3 Å². The molecule has 53 heavy (non-hydrogen) atoms. The fraction of sp³-hybridized carbons (Fsp3) is 0.600. The highest BCUT2D eigenvalue weighted by molar-refractivity contribution is 6.29. The lowest BCUT2D eigenvalue weighted by Crippen LogP contribution is -2.65. The first-order valence-electron chi connectivity index (χ1n) is 18.5. The molecule has 2 aromatic carbocycles. The van der Waals surface area contributed by atoms with Crippen molar-refractivity contribution in [1.82, 2.24) is 0 Å². The molecule has 0 atom stereocenters. The number of aryl methyl sites for hydroxylation is 2. The van der Waals surface area contributed by atoms with Gasteiger partial charge < -0.3 is 9.84 Å². The molecule has 2 aromatic rings. The summed E-state index contributed by atoms with van der Waals surface area (Å²) in [4.78, 5) is 80.0. The Morgan fingerprint density at radius 2 is 0.811 bits per heavy atom. The van der Waals surface area contributed by atoms with Gasteiger partial charge in [-0.1, -0.05) is 93.5 Å². The van der Waals surface area contributed by atoms with Gasteiger partial charge in [0.05, 0.1) is 13.2 Å². The van der Waals surface area contributed by atoms with E-state index >= 15 is 0 Å². The molecular formula is C45H62O8. The second-order valence-corrected chi connectivity index (χ2v) is 18.2. The topological polar surface area (TPSA) is 132 Å². The van der Waals surface area contributed by atoms with Crippen LogP contribution in [0.15, 0.2) is 24.3 Å². The van der Waals surface area contributed by atoms with E-state index in [1.165, 1.54) is 0 Å². The lowest BCUT2D eigenvalue weighted by Gasteiger charge is -2.56. The summed E-state index contributed by atoms with van der Waals surface area (Å²) in [5, 5.41) is 10.0. The number of Topliss-reactive ketones (excluding diaryl/α,β-unsaturated/α-hetero) is 6. The third-order valence-electron chi connectivity index (χ3n) is 15.0. The predicted molar refractivity (Wildman–Crippen MR) is 207 cm³/mol. The van der Waals surface area contributed by atoms with Crippen molar-refractivity contribution in [3.8, 4) is 0 Å². The summed E-state index contributed by atoms with van der Waals surface area (Å²) in [7, 11) is 1.57. The Bertz CT molecular complexity index is 1830. The van der Waals surface area contributed by atoms with E-state index in [9.17, 15) is 33.9 Å². The van der Waals surface area contributed by atoms with Gasteiger partial charge in [-0.15, -0.1) is 0 Å². The summed E-state index contributed by atoms with van der Waals surface area (Å²) in [5.74, 6) is -4.82. The smallest absolute Gasteiger partial charge is 0.181 e. The zero-order valence-corrected chi connectivity index (χ0v) is 35.2. The van der Waals surface area contributed by atoms with Crippen molar-refractivity contribution in [2.24, 2.45) is 44.3 Å². The Kier molecular flexibility index (Phi) is 11.8. The van der Waals surface area contributed by atoms with E-state index in [0.29, 0.717) is 11.1 Å². The van der Waals surface area contributed by atoms with Crippen LogP contribution in [0.2, 0.25) is 0 Å². The number of methoxy groups -OCH3 is 1. The Hall–Kier alpha value is -3.62. The molecule has 2 aliphatic carbocycles. The fourth-order valence-electron chi connectivity index (χ4n) is 8.61. The molecule has 2 saturated carbocycles. The Balaban J connectivity index is 0.000000286. The summed E-state index contributed by atoms with van der Waals surface area (Å²) in [5.41, 5.74) is 1.26. The van der Waals surface area contributed by atoms with Gasteiger partial charge in [0.15, 0.2) is 34.7 Å². The zero-order chi connectivity index (χ0) is 41.2. The molecule has 0 unspecified atom stereocenters. The van der Waals surface area contributed by atoms with Crippen molar-refractivity contribution in [3.63, 3.8) is 0 Å². The van der Waals surface area contributed by atoms with E-state index in [1.807, 2.05) is 88.3 Å². The maximum atomic E-state index is 13.4. The molecule has 290 valence electrons. The lowest BCUT2D eigenvalue weighted by atomic mass is 9.44. The van der Waals surface area contributed by atoms with Gasteiger partial charge in [-0.05, 0) is 74.9 Å². The molecule has 0 amide bonds. The fourth-order valence-corrected chi connectivity index (χ4v) is 8.61. The van der Waals surface area contributed by atoms with Crippen molar-refractivity contribution < 1.29 is 38.6 Å². The largest absolute Gasteiger partial charge is 0.396 e. The van der Waals surface area contributed by atoms with Gasteiger partial charge in [0.2, 0.25) is 0 Å². The number of carbonyl (C=O) groups excluding carboxylic acids is 6. The van der Waals surface area contributed by atoms with Crippen LogP contribution in [-0.4, -0.2) is 60.1 Å². The van der Waals surface area contributed by atoms with Gasteiger partial charge in [-0.2, -0.15) is 0 Å². The summed E-state index contributed by atoms with van der Waals surface area (Å²) >= 11 is 0. The number of carbonyl (C=O) groups is 6. The summed E-state index contributed by atoms with van der Waals surface area (Å²) < 4.78 is 5.39. The van der Waals surface area contributed by atoms with E-state index < -0.39 is 61.7 Å². The highest BCUT2D eigenvalue weighted by atomic mass is 16.5. The highest BCUT2D eigenvalue weighted by Crippen LogP contribution is 2.59. The van der Waals surface area contributed by atoms with Crippen LogP contribution >= 0.6 is 0 Å². The van der Waals surface area contributed by atoms with Crippen LogP contribution in [-0.2, 0) is 23.9 Å². The lowest BCUT2D eigenvalue weighted by molar-refractivity contribution is -0.175. The molecule has 0 radical (unpaired) electrons. The monoisotopic (exact) mass is 730 g/mol. The predicted octanol–water partition coefficient (Wildman–Crippen LogP) is 7.88. The molecular weight excluding hydrogens is 668 g/mol. The second kappa shape index (κ2) is 14.2. The molecule has 2 aliphatic rings. The average molecular weight is 731 g/mol. The van der Waals surface area contributed by atoms with Crippen molar-refractivity contribution in [2.45, 2.75) is 111 Å². The SMILES string of the molecule is COCC1(C)C(C)(C)C(=O)C(C(=O)c2ccc(C)c(C)c2C)C(=O)C1(C)C.Cc1ccc(C(=O)C2C(=O)C(C)(C)C(C)(CO)C(C)(C)C2=O)c(C)c1C. The standard InChI is InChI=1S/C23H32O4.C22H30O4/c1-13-10-11-16(15(3)14(13)2)18(24)17-19(25)21(4,5)23(8,12-27-9)22(6,7)20(17)26;1-12-9-10-15(14(3)13(12)2)17(24)16-18(25)20(4,5)22(8,11-23)21(6,7)19(16)26/h10-11,17H,12H2,1-9H3;9-10,16,23H,11H2,1-8H3. The number of ether oxygens (including phenoxy) is 1. The molecule has 2 fully saturated rings. The van der Waals surface area contributed by atoms with Crippen molar-refractivity contribution in [3.05, 3.63) is 68.8 Å². The number of aliphatic hydroxyl groups is 1. The van der Waals surface area contributed by atoms with Gasteiger partial charge in [0.25, 0.3) is 0 Å². The summed E-state index contributed by atoms with van der Waals surface area (Å²) in [6.45, 7) is 29.4. The Morgan fingerprint density at radius 3 is 1.08 bits per heavy atom. The van der Waals surface area contributed by atoms with Crippen LogP contribution in [0.5, 0.6) is 0 Å². The van der Waals surface area contributed by atoms with Gasteiger partial charge in [-0.3, -0.25) is 28.8 Å². The molecule has 0 spiro atoms. The third-order valence-corrected chi connectivity index (χ3v) is 15.0. The first kappa shape index (κ1) is 43.8. The molecule has 0 aliphatic heterocycles. The normalized spacial score (nSPS) is 27.2. The van der Waals surface area contributed by atoms with Crippen LogP contribution in [0, 0.1) is 85.9 Å². The Labute approximate surface area is 316 Å². The molecule has 0 saturated heterocycles. The number of benzene rings is 2. The quantitative estimate of drug-likeness (QED) is 0.225. The molecule has 0 bridgehead atoms. The second-order valence-electron chi connectivity index (χ2n) is 18.2. The van der Waals surface area contributed by atoms with Gasteiger partial charge in [0.1, 0.15) is 11.8 Å². The van der Waals surface area contributed by atoms with E-state index in [-0.39, 0.29) is 30.6 Å². The first-order valence-corrected chi connectivity index (χ1v) is 18.5. The van der Waals surface area contributed by atoms with Crippen LogP contribution in [0.25, 0.3) is 0 Å². The minimum Gasteiger partial charge on any atom is -0.396 e. The van der Waals surface area contributed by atoms with E-state index in [0.717, 1.165) is 33.4 Å². The van der Waals surface area contributed by atoms with E-state index in [2.05, 4.69) is 0 Å². The molecule has 0 heterocycles. The molecule has 4 rings (SSSR count). The minimum absolute atomic E-state index is 0.272. The van der Waals surface area contributed by atoms with E-state index in [1.54, 1.807) is 53.9 Å². The minimum atomic E-state index is -1.32. The van der Waals surface area contributed by atoms with Crippen LogP contribution in [0.4, 0.5) is 0 Å². The number of ketones is 6. The number of hydrogen-bond acceptors (Lipinski definition) is 8. The first-order chi connectivity index (χ1) is 24.0. The van der Waals surface area contributed by atoms with Crippen molar-refractivity contribution >= 4 is 34.7 Å². The highest BCUT2D eigenvalue weighted by Gasteiger charge is 2.67. The van der Waals surface area contributed by atoms with Crippen molar-refractivity contribution in [1.29, 1.82) is 0 Å². The molecule has 0 aromatic heterocycles. The summed E-state index contributed by atoms with van der Waals surface area (Å²) in [6.07, 6.45) is 0. The van der Waals surface area contributed by atoms with Gasteiger partial charge >= 0.3 is 0 Å².